The first-order valence-electron chi connectivity index (χ1n) is 9.95. The highest BCUT2D eigenvalue weighted by molar-refractivity contribution is 7.80. The van der Waals surface area contributed by atoms with Gasteiger partial charge in [0.1, 0.15) is 5.75 Å². The topological polar surface area (TPSA) is 77.2 Å². The van der Waals surface area contributed by atoms with Gasteiger partial charge in [-0.3, -0.25) is 9.78 Å². The number of nitrogen functional groups attached to an aromatic ring is 1. The Morgan fingerprint density at radius 1 is 0.971 bits per heavy atom. The summed E-state index contributed by atoms with van der Waals surface area (Å²) in [6, 6.07) is 17.3. The molecule has 4 aromatic rings. The fraction of sp³-hybridized carbons (Fsp3) is 0.0833. The van der Waals surface area contributed by atoms with Gasteiger partial charge in [0.25, 0.3) is 5.91 Å². The van der Waals surface area contributed by atoms with Crippen molar-refractivity contribution in [3.63, 3.8) is 0 Å². The summed E-state index contributed by atoms with van der Waals surface area (Å²) in [7, 11) is 0. The third kappa shape index (κ3) is 5.89. The van der Waals surface area contributed by atoms with Crippen molar-refractivity contribution in [2.45, 2.75) is 17.8 Å². The van der Waals surface area contributed by atoms with Gasteiger partial charge in [0.2, 0.25) is 0 Å². The molecule has 0 atom stereocenters. The van der Waals surface area contributed by atoms with Crippen molar-refractivity contribution in [3.05, 3.63) is 84.2 Å². The average Bonchev–Trinajstić information content (AvgIpc) is 3.42. The highest BCUT2D eigenvalue weighted by Gasteiger charge is 2.30. The molecule has 10 heteroatoms. The number of nitrogens with two attached hydrogens (primary N) is 1. The zero-order chi connectivity index (χ0) is 24.3. The highest BCUT2D eigenvalue weighted by Crippen LogP contribution is 2.35. The number of carbonyl (C=O) groups is 1. The number of halogens is 3. The molecule has 2 aromatic heterocycles. The lowest BCUT2D eigenvalue weighted by Crippen LogP contribution is -2.16. The molecule has 0 spiro atoms. The standard InChI is InChI=1S/C17H13N3OS.C7H5F3OS/c18-13-6-12(7-19-9-13)16-4-3-15(22-16)10-1-2-14-11(5-10)8-20-17(14)21;8-7(9,10)11-5-1-3-6(12)4-2-5/h1-7,9H,8,18H2,(H,20,21);1-4,12H. The number of ether oxygens (including phenoxy) is 1. The number of hydrogen-bond acceptors (Lipinski definition) is 6. The van der Waals surface area contributed by atoms with Crippen LogP contribution in [0.2, 0.25) is 0 Å². The smallest absolute Gasteiger partial charge is 0.406 e. The third-order valence-electron chi connectivity index (χ3n) is 4.79. The number of thiophene rings is 1. The van der Waals surface area contributed by atoms with Gasteiger partial charge in [-0.1, -0.05) is 6.07 Å². The summed E-state index contributed by atoms with van der Waals surface area (Å²) in [5.74, 6) is -0.223. The Labute approximate surface area is 202 Å². The van der Waals surface area contributed by atoms with E-state index in [2.05, 4.69) is 45.9 Å². The number of hydrogen-bond donors (Lipinski definition) is 3. The number of nitrogens with zero attached hydrogens (tertiary/aromatic N) is 1. The number of thiol groups is 1. The third-order valence-corrected chi connectivity index (χ3v) is 6.28. The second-order valence-electron chi connectivity index (χ2n) is 7.27. The van der Waals surface area contributed by atoms with E-state index < -0.39 is 6.36 Å². The fourth-order valence-electron chi connectivity index (χ4n) is 3.27. The molecular weight excluding hydrogens is 483 g/mol. The Morgan fingerprint density at radius 2 is 1.68 bits per heavy atom. The molecule has 3 N–H and O–H groups in total. The molecule has 0 unspecified atom stereocenters. The summed E-state index contributed by atoms with van der Waals surface area (Å²) in [6.07, 6.45) is -1.17. The Morgan fingerprint density at radius 3 is 2.35 bits per heavy atom. The molecule has 0 saturated heterocycles. The lowest BCUT2D eigenvalue weighted by molar-refractivity contribution is -0.274. The maximum absolute atomic E-state index is 11.6. The van der Waals surface area contributed by atoms with E-state index in [1.54, 1.807) is 17.5 Å². The first-order chi connectivity index (χ1) is 16.2. The molecule has 0 saturated carbocycles. The lowest BCUT2D eigenvalue weighted by Gasteiger charge is -2.07. The Kier molecular flexibility index (Phi) is 6.80. The number of anilines is 1. The number of fused-ring (bicyclic) bond motifs is 1. The summed E-state index contributed by atoms with van der Waals surface area (Å²) in [5, 5.41) is 2.84. The van der Waals surface area contributed by atoms with Crippen molar-refractivity contribution in [2.24, 2.45) is 0 Å². The number of rotatable bonds is 3. The summed E-state index contributed by atoms with van der Waals surface area (Å²) >= 11 is 5.60. The zero-order valence-electron chi connectivity index (χ0n) is 17.5. The number of nitrogens with one attached hydrogen (secondary N) is 1. The Bertz CT molecular complexity index is 1320. The molecule has 1 aliphatic rings. The largest absolute Gasteiger partial charge is 0.573 e. The molecule has 3 heterocycles. The van der Waals surface area contributed by atoms with Crippen LogP contribution in [-0.2, 0) is 6.54 Å². The molecular formula is C24H18F3N3O2S2. The van der Waals surface area contributed by atoms with Crippen LogP contribution >= 0.6 is 24.0 Å². The van der Waals surface area contributed by atoms with Gasteiger partial charge >= 0.3 is 6.36 Å². The van der Waals surface area contributed by atoms with Gasteiger partial charge in [0, 0.05) is 44.7 Å². The predicted molar refractivity (Wildman–Crippen MR) is 129 cm³/mol. The van der Waals surface area contributed by atoms with Crippen LogP contribution in [0.5, 0.6) is 5.75 Å². The van der Waals surface area contributed by atoms with Crippen LogP contribution in [0, 0.1) is 0 Å². The molecule has 0 fully saturated rings. The van der Waals surface area contributed by atoms with E-state index in [9.17, 15) is 18.0 Å². The van der Waals surface area contributed by atoms with E-state index >= 15 is 0 Å². The molecule has 1 amide bonds. The Balaban J connectivity index is 0.000000195. The van der Waals surface area contributed by atoms with Crippen LogP contribution in [0.1, 0.15) is 15.9 Å². The molecule has 0 aliphatic carbocycles. The van der Waals surface area contributed by atoms with Crippen molar-refractivity contribution < 1.29 is 22.7 Å². The molecule has 34 heavy (non-hydrogen) atoms. The second kappa shape index (κ2) is 9.78. The van der Waals surface area contributed by atoms with Crippen molar-refractivity contribution >= 4 is 35.6 Å². The first kappa shape index (κ1) is 23.7. The molecule has 0 bridgehead atoms. The maximum Gasteiger partial charge on any atom is 0.573 e. The van der Waals surface area contributed by atoms with E-state index in [0.717, 1.165) is 27.1 Å². The quantitative estimate of drug-likeness (QED) is 0.293. The second-order valence-corrected chi connectivity index (χ2v) is 8.87. The maximum atomic E-state index is 11.6. The van der Waals surface area contributed by atoms with Gasteiger partial charge in [-0.25, -0.2) is 0 Å². The number of pyridine rings is 1. The number of carbonyl (C=O) groups excluding carboxylic acids is 1. The molecule has 0 radical (unpaired) electrons. The predicted octanol–water partition coefficient (Wildman–Crippen LogP) is 6.18. The Hall–Kier alpha value is -3.50. The van der Waals surface area contributed by atoms with Crippen LogP contribution in [0.25, 0.3) is 20.9 Å². The summed E-state index contributed by atoms with van der Waals surface area (Å²) in [4.78, 5) is 18.6. The van der Waals surface area contributed by atoms with Crippen LogP contribution in [-0.4, -0.2) is 17.3 Å². The summed E-state index contributed by atoms with van der Waals surface area (Å²) in [6.45, 7) is 0.610. The number of benzene rings is 2. The zero-order valence-corrected chi connectivity index (χ0v) is 19.2. The SMILES string of the molecule is FC(F)(F)Oc1ccc(S)cc1.Nc1cncc(-c2ccc(-c3ccc4c(c3)CNC4=O)s2)c1. The molecule has 2 aromatic carbocycles. The van der Waals surface area contributed by atoms with Crippen molar-refractivity contribution in [3.8, 4) is 26.6 Å². The minimum atomic E-state index is -4.63. The van der Waals surface area contributed by atoms with Crippen LogP contribution in [0.4, 0.5) is 18.9 Å². The number of amides is 1. The fourth-order valence-corrected chi connectivity index (χ4v) is 4.41. The molecule has 1 aliphatic heterocycles. The first-order valence-corrected chi connectivity index (χ1v) is 11.2. The van der Waals surface area contributed by atoms with Gasteiger partial charge in [0.15, 0.2) is 0 Å². The van der Waals surface area contributed by atoms with Gasteiger partial charge in [0.05, 0.1) is 5.69 Å². The van der Waals surface area contributed by atoms with E-state index in [4.69, 9.17) is 5.73 Å². The summed E-state index contributed by atoms with van der Waals surface area (Å²) < 4.78 is 38.4. The molecule has 5 nitrogen and oxygen atoms in total. The van der Waals surface area contributed by atoms with Gasteiger partial charge in [-0.2, -0.15) is 0 Å². The highest BCUT2D eigenvalue weighted by atomic mass is 32.1. The number of alkyl halides is 3. The van der Waals surface area contributed by atoms with Crippen molar-refractivity contribution in [1.29, 1.82) is 0 Å². The van der Waals surface area contributed by atoms with Crippen molar-refractivity contribution in [1.82, 2.24) is 10.3 Å². The van der Waals surface area contributed by atoms with Gasteiger partial charge in [-0.05, 0) is 65.7 Å². The van der Waals surface area contributed by atoms with Crippen LogP contribution < -0.4 is 15.8 Å². The van der Waals surface area contributed by atoms with E-state index in [1.165, 1.54) is 29.1 Å². The van der Waals surface area contributed by atoms with Gasteiger partial charge in [-0.15, -0.1) is 37.1 Å². The minimum absolute atomic E-state index is 0.0132. The van der Waals surface area contributed by atoms with E-state index in [0.29, 0.717) is 17.1 Å². The van der Waals surface area contributed by atoms with E-state index in [-0.39, 0.29) is 11.7 Å². The monoisotopic (exact) mass is 501 g/mol. The van der Waals surface area contributed by atoms with Crippen LogP contribution in [0.3, 0.4) is 0 Å². The molecule has 174 valence electrons. The normalized spacial score (nSPS) is 12.4. The van der Waals surface area contributed by atoms with Crippen molar-refractivity contribution in [2.75, 3.05) is 5.73 Å². The van der Waals surface area contributed by atoms with Crippen LogP contribution in [0.15, 0.2) is 78.0 Å². The molecule has 5 rings (SSSR count). The minimum Gasteiger partial charge on any atom is -0.406 e. The number of aromatic nitrogens is 1. The van der Waals surface area contributed by atoms with Gasteiger partial charge < -0.3 is 15.8 Å². The average molecular weight is 502 g/mol. The lowest BCUT2D eigenvalue weighted by atomic mass is 10.1. The van der Waals surface area contributed by atoms with E-state index in [1.807, 2.05) is 24.4 Å². The summed E-state index contributed by atoms with van der Waals surface area (Å²) in [5.41, 5.74) is 10.4.